The Labute approximate surface area is 256 Å². The van der Waals surface area contributed by atoms with Crippen molar-refractivity contribution in [2.45, 2.75) is 17.1 Å². The van der Waals surface area contributed by atoms with Crippen molar-refractivity contribution >= 4 is 51.3 Å². The van der Waals surface area contributed by atoms with Gasteiger partial charge in [0.2, 0.25) is 5.91 Å². The van der Waals surface area contributed by atoms with E-state index in [1.54, 1.807) is 18.2 Å². The number of thiophene rings is 1. The second kappa shape index (κ2) is 13.2. The van der Waals surface area contributed by atoms with Crippen molar-refractivity contribution in [3.8, 4) is 17.2 Å². The maximum absolute atomic E-state index is 13.7. The number of nitrogens with zero attached hydrogens (tertiary/aromatic N) is 2. The Balaban J connectivity index is 1.36. The van der Waals surface area contributed by atoms with E-state index in [9.17, 15) is 25.0 Å². The zero-order valence-electron chi connectivity index (χ0n) is 22.8. The zero-order chi connectivity index (χ0) is 30.3. The van der Waals surface area contributed by atoms with E-state index in [-0.39, 0.29) is 17.2 Å². The minimum Gasteiger partial charge on any atom is -0.322 e. The smallest absolute Gasteiger partial charge is 0.269 e. The molecule has 0 fully saturated rings. The van der Waals surface area contributed by atoms with Crippen molar-refractivity contribution < 1.29 is 14.5 Å². The Hall–Kier alpha value is -5.24. The predicted octanol–water partition coefficient (Wildman–Crippen LogP) is 8.23. The molecule has 0 aliphatic rings. The summed E-state index contributed by atoms with van der Waals surface area (Å²) in [6.45, 7) is 2.00. The van der Waals surface area contributed by atoms with Gasteiger partial charge in [0.05, 0.1) is 10.5 Å². The molecule has 8 nitrogen and oxygen atoms in total. The molecule has 1 unspecified atom stereocenters. The van der Waals surface area contributed by atoms with Crippen LogP contribution in [0, 0.1) is 28.4 Å². The molecule has 1 aromatic heterocycles. The first kappa shape index (κ1) is 29.3. The third-order valence-electron chi connectivity index (χ3n) is 6.53. The van der Waals surface area contributed by atoms with E-state index in [0.29, 0.717) is 16.3 Å². The highest BCUT2D eigenvalue weighted by molar-refractivity contribution is 8.00. The van der Waals surface area contributed by atoms with Gasteiger partial charge >= 0.3 is 0 Å². The van der Waals surface area contributed by atoms with Crippen molar-refractivity contribution in [2.24, 2.45) is 0 Å². The van der Waals surface area contributed by atoms with Crippen molar-refractivity contribution in [3.05, 3.63) is 141 Å². The molecule has 1 atom stereocenters. The summed E-state index contributed by atoms with van der Waals surface area (Å²) in [5.74, 6) is -0.703. The van der Waals surface area contributed by atoms with Crippen LogP contribution in [0.3, 0.4) is 0 Å². The van der Waals surface area contributed by atoms with Crippen LogP contribution in [0.5, 0.6) is 0 Å². The number of nitrogens with one attached hydrogen (secondary N) is 2. The molecule has 0 saturated carbocycles. The average Bonchev–Trinajstić information content (AvgIpc) is 3.43. The van der Waals surface area contributed by atoms with Crippen LogP contribution < -0.4 is 10.6 Å². The number of carbonyl (C=O) groups is 2. The lowest BCUT2D eigenvalue weighted by Gasteiger charge is -2.17. The van der Waals surface area contributed by atoms with E-state index in [2.05, 4.69) is 16.7 Å². The number of non-ortho nitro benzene ring substituents is 1. The molecule has 5 rings (SSSR count). The number of nitro groups is 1. The van der Waals surface area contributed by atoms with Gasteiger partial charge in [-0.05, 0) is 48.4 Å². The van der Waals surface area contributed by atoms with Crippen molar-refractivity contribution in [3.63, 3.8) is 0 Å². The molecular weight excluding hydrogens is 581 g/mol. The van der Waals surface area contributed by atoms with E-state index < -0.39 is 16.1 Å². The fraction of sp³-hybridized carbons (Fsp3) is 0.0606. The molecule has 0 radical (unpaired) electrons. The fourth-order valence-electron chi connectivity index (χ4n) is 4.31. The Morgan fingerprint density at radius 3 is 2.33 bits per heavy atom. The van der Waals surface area contributed by atoms with Gasteiger partial charge in [0.15, 0.2) is 0 Å². The van der Waals surface area contributed by atoms with Crippen molar-refractivity contribution in [2.75, 3.05) is 10.6 Å². The van der Waals surface area contributed by atoms with Crippen LogP contribution in [0.25, 0.3) is 11.1 Å². The van der Waals surface area contributed by atoms with Gasteiger partial charge in [-0.25, -0.2) is 0 Å². The number of thioether (sulfide) groups is 1. The lowest BCUT2D eigenvalue weighted by Crippen LogP contribution is -2.19. The highest BCUT2D eigenvalue weighted by atomic mass is 32.2. The molecule has 1 heterocycles. The first-order chi connectivity index (χ1) is 20.8. The third kappa shape index (κ3) is 6.98. The number of hydrogen-bond acceptors (Lipinski definition) is 7. The van der Waals surface area contributed by atoms with Gasteiger partial charge in [0.25, 0.3) is 11.6 Å². The molecule has 5 aromatic rings. The van der Waals surface area contributed by atoms with E-state index >= 15 is 0 Å². The Morgan fingerprint density at radius 2 is 1.65 bits per heavy atom. The van der Waals surface area contributed by atoms with Gasteiger partial charge in [-0.3, -0.25) is 19.7 Å². The summed E-state index contributed by atoms with van der Waals surface area (Å²) < 4.78 is 0. The molecule has 2 amide bonds. The number of nitro benzene ring substituents is 1. The van der Waals surface area contributed by atoms with Crippen LogP contribution in [0.4, 0.5) is 16.4 Å². The molecule has 4 aromatic carbocycles. The van der Waals surface area contributed by atoms with Gasteiger partial charge in [-0.1, -0.05) is 66.2 Å². The summed E-state index contributed by atoms with van der Waals surface area (Å²) in [6.07, 6.45) is 0. The Bertz CT molecular complexity index is 1830. The van der Waals surface area contributed by atoms with Crippen LogP contribution in [0.1, 0.15) is 32.3 Å². The van der Waals surface area contributed by atoms with Gasteiger partial charge in [-0.15, -0.1) is 23.1 Å². The minimum atomic E-state index is -0.654. The lowest BCUT2D eigenvalue weighted by molar-refractivity contribution is -0.384. The summed E-state index contributed by atoms with van der Waals surface area (Å²) in [6, 6.07) is 31.9. The first-order valence-corrected chi connectivity index (χ1v) is 14.9. The van der Waals surface area contributed by atoms with Gasteiger partial charge < -0.3 is 10.6 Å². The molecule has 0 aliphatic heterocycles. The molecular formula is C33H24N4O4S2. The normalized spacial score (nSPS) is 11.3. The van der Waals surface area contributed by atoms with Crippen LogP contribution in [-0.2, 0) is 4.79 Å². The quantitative estimate of drug-likeness (QED) is 0.0992. The van der Waals surface area contributed by atoms with E-state index in [4.69, 9.17) is 0 Å². The van der Waals surface area contributed by atoms with E-state index in [1.807, 2.05) is 73.0 Å². The maximum atomic E-state index is 13.7. The van der Waals surface area contributed by atoms with Gasteiger partial charge in [-0.2, -0.15) is 5.26 Å². The molecule has 212 valence electrons. The van der Waals surface area contributed by atoms with Crippen LogP contribution in [-0.4, -0.2) is 16.7 Å². The number of hydrogen-bond donors (Lipinski definition) is 2. The lowest BCUT2D eigenvalue weighted by atomic mass is 10.0. The first-order valence-electron chi connectivity index (χ1n) is 13.1. The number of benzene rings is 4. The highest BCUT2D eigenvalue weighted by Crippen LogP contribution is 2.40. The minimum absolute atomic E-state index is 0.101. The molecule has 2 N–H and O–H groups in total. The molecule has 43 heavy (non-hydrogen) atoms. The summed E-state index contributed by atoms with van der Waals surface area (Å²) in [4.78, 5) is 37.6. The maximum Gasteiger partial charge on any atom is 0.269 e. The summed E-state index contributed by atoms with van der Waals surface area (Å²) in [5, 5.41) is 28.4. The number of amides is 2. The fourth-order valence-corrected chi connectivity index (χ4v) is 6.31. The number of aryl methyl sites for hydroxylation is 1. The zero-order valence-corrected chi connectivity index (χ0v) is 24.4. The molecule has 0 aliphatic carbocycles. The molecule has 0 spiro atoms. The predicted molar refractivity (Wildman–Crippen MR) is 170 cm³/mol. The highest BCUT2D eigenvalue weighted by Gasteiger charge is 2.25. The van der Waals surface area contributed by atoms with Crippen LogP contribution in [0.15, 0.2) is 113 Å². The largest absolute Gasteiger partial charge is 0.322 e. The third-order valence-corrected chi connectivity index (χ3v) is 8.67. The van der Waals surface area contributed by atoms with Crippen LogP contribution in [0.2, 0.25) is 0 Å². The monoisotopic (exact) mass is 604 g/mol. The van der Waals surface area contributed by atoms with Gasteiger partial charge in [0, 0.05) is 39.2 Å². The SMILES string of the molecule is Cc1ccc(-c2csc(NC(=O)C(Sc3cccc(NC(=O)c4ccc([N+](=O)[O-])cc4)c3)c3ccccc3)c2C#N)cc1. The van der Waals surface area contributed by atoms with Crippen LogP contribution >= 0.6 is 23.1 Å². The molecule has 0 bridgehead atoms. The second-order valence-electron chi connectivity index (χ2n) is 9.52. The van der Waals surface area contributed by atoms with Crippen molar-refractivity contribution in [1.82, 2.24) is 0 Å². The summed E-state index contributed by atoms with van der Waals surface area (Å²) in [7, 11) is 0. The number of anilines is 2. The second-order valence-corrected chi connectivity index (χ2v) is 11.6. The Kier molecular flexibility index (Phi) is 8.96. The topological polar surface area (TPSA) is 125 Å². The number of carbonyl (C=O) groups excluding carboxylic acids is 2. The number of nitriles is 1. The van der Waals surface area contributed by atoms with E-state index in [0.717, 1.165) is 27.1 Å². The van der Waals surface area contributed by atoms with E-state index in [1.165, 1.54) is 47.4 Å². The summed E-state index contributed by atoms with van der Waals surface area (Å²) in [5.41, 5.74) is 4.66. The number of rotatable bonds is 9. The molecule has 0 saturated heterocycles. The van der Waals surface area contributed by atoms with Crippen molar-refractivity contribution in [1.29, 1.82) is 5.26 Å². The standard InChI is InChI=1S/C33H24N4O4S2/c1-21-10-12-22(13-11-21)29-20-42-33(28(29)19-34)36-32(39)30(23-6-3-2-4-7-23)43-27-9-5-8-25(18-27)35-31(38)24-14-16-26(17-15-24)37(40)41/h2-18,20,30H,1H3,(H,35,38)(H,36,39). The molecule has 10 heteroatoms. The Morgan fingerprint density at radius 1 is 0.930 bits per heavy atom. The average molecular weight is 605 g/mol. The summed E-state index contributed by atoms with van der Waals surface area (Å²) >= 11 is 2.62. The van der Waals surface area contributed by atoms with Gasteiger partial charge in [0.1, 0.15) is 16.3 Å².